The lowest BCUT2D eigenvalue weighted by atomic mass is 10.1. The molecule has 0 saturated heterocycles. The SMILES string of the molecule is CCCNCCNC(=O)CCc1ccncc1.Cl.Cl. The van der Waals surface area contributed by atoms with Gasteiger partial charge in [-0.05, 0) is 37.1 Å². The topological polar surface area (TPSA) is 54.0 Å². The highest BCUT2D eigenvalue weighted by atomic mass is 35.5. The summed E-state index contributed by atoms with van der Waals surface area (Å²) in [4.78, 5) is 15.4. The van der Waals surface area contributed by atoms with E-state index in [-0.39, 0.29) is 30.7 Å². The van der Waals surface area contributed by atoms with Crippen LogP contribution in [-0.4, -0.2) is 30.5 Å². The lowest BCUT2D eigenvalue weighted by molar-refractivity contribution is -0.121. The highest BCUT2D eigenvalue weighted by molar-refractivity contribution is 5.85. The molecule has 0 spiro atoms. The zero-order valence-electron chi connectivity index (χ0n) is 11.2. The van der Waals surface area contributed by atoms with Crippen LogP contribution < -0.4 is 10.6 Å². The largest absolute Gasteiger partial charge is 0.355 e. The summed E-state index contributed by atoms with van der Waals surface area (Å²) in [6, 6.07) is 3.88. The Bertz CT molecular complexity index is 323. The van der Waals surface area contributed by atoms with E-state index in [4.69, 9.17) is 0 Å². The number of nitrogens with zero attached hydrogens (tertiary/aromatic N) is 1. The normalized spacial score (nSPS) is 9.11. The second kappa shape index (κ2) is 13.6. The van der Waals surface area contributed by atoms with Crippen molar-refractivity contribution in [3.63, 3.8) is 0 Å². The van der Waals surface area contributed by atoms with E-state index >= 15 is 0 Å². The van der Waals surface area contributed by atoms with Crippen LogP contribution in [0.1, 0.15) is 25.3 Å². The Labute approximate surface area is 127 Å². The third kappa shape index (κ3) is 10.7. The zero-order valence-corrected chi connectivity index (χ0v) is 12.9. The van der Waals surface area contributed by atoms with Gasteiger partial charge in [0.25, 0.3) is 0 Å². The Hall–Kier alpha value is -0.840. The first-order chi connectivity index (χ1) is 8.33. The van der Waals surface area contributed by atoms with Crippen molar-refractivity contribution in [3.8, 4) is 0 Å². The summed E-state index contributed by atoms with van der Waals surface area (Å²) in [7, 11) is 0. The minimum Gasteiger partial charge on any atom is -0.355 e. The van der Waals surface area contributed by atoms with Crippen LogP contribution in [-0.2, 0) is 11.2 Å². The number of hydrogen-bond acceptors (Lipinski definition) is 3. The highest BCUT2D eigenvalue weighted by Crippen LogP contribution is 2.00. The number of halogens is 2. The maximum absolute atomic E-state index is 11.5. The Morgan fingerprint density at radius 3 is 2.47 bits per heavy atom. The molecule has 1 heterocycles. The number of carbonyl (C=O) groups is 1. The molecule has 6 heteroatoms. The molecule has 0 unspecified atom stereocenters. The van der Waals surface area contributed by atoms with Crippen molar-refractivity contribution in [3.05, 3.63) is 30.1 Å². The predicted octanol–water partition coefficient (Wildman–Crippen LogP) is 1.97. The van der Waals surface area contributed by atoms with Crippen molar-refractivity contribution in [2.24, 2.45) is 0 Å². The lowest BCUT2D eigenvalue weighted by Gasteiger charge is -2.06. The van der Waals surface area contributed by atoms with E-state index in [2.05, 4.69) is 22.5 Å². The molecule has 0 radical (unpaired) electrons. The number of nitrogens with one attached hydrogen (secondary N) is 2. The number of rotatable bonds is 8. The summed E-state index contributed by atoms with van der Waals surface area (Å²) in [5.74, 6) is 0.111. The van der Waals surface area contributed by atoms with Crippen LogP contribution in [0.4, 0.5) is 0 Å². The minimum atomic E-state index is 0. The molecule has 0 atom stereocenters. The number of aromatic nitrogens is 1. The summed E-state index contributed by atoms with van der Waals surface area (Å²) in [5.41, 5.74) is 1.15. The first-order valence-electron chi connectivity index (χ1n) is 6.19. The van der Waals surface area contributed by atoms with Crippen molar-refractivity contribution in [2.45, 2.75) is 26.2 Å². The molecular weight excluding hydrogens is 285 g/mol. The van der Waals surface area contributed by atoms with Crippen molar-refractivity contribution in [1.29, 1.82) is 0 Å². The third-order valence-electron chi connectivity index (χ3n) is 2.44. The van der Waals surface area contributed by atoms with E-state index in [1.54, 1.807) is 12.4 Å². The highest BCUT2D eigenvalue weighted by Gasteiger charge is 2.00. The molecule has 110 valence electrons. The summed E-state index contributed by atoms with van der Waals surface area (Å²) >= 11 is 0. The molecule has 19 heavy (non-hydrogen) atoms. The Balaban J connectivity index is 0. The number of hydrogen-bond donors (Lipinski definition) is 2. The summed E-state index contributed by atoms with van der Waals surface area (Å²) < 4.78 is 0. The smallest absolute Gasteiger partial charge is 0.220 e. The Morgan fingerprint density at radius 1 is 1.16 bits per heavy atom. The van der Waals surface area contributed by atoms with Crippen LogP contribution in [0, 0.1) is 0 Å². The van der Waals surface area contributed by atoms with Crippen molar-refractivity contribution < 1.29 is 4.79 Å². The monoisotopic (exact) mass is 307 g/mol. The van der Waals surface area contributed by atoms with E-state index in [0.29, 0.717) is 13.0 Å². The van der Waals surface area contributed by atoms with Gasteiger partial charge in [-0.3, -0.25) is 9.78 Å². The van der Waals surface area contributed by atoms with Gasteiger partial charge in [0.15, 0.2) is 0 Å². The fourth-order valence-electron chi connectivity index (χ4n) is 1.49. The number of aryl methyl sites for hydroxylation is 1. The third-order valence-corrected chi connectivity index (χ3v) is 2.44. The molecule has 4 nitrogen and oxygen atoms in total. The van der Waals surface area contributed by atoms with Gasteiger partial charge < -0.3 is 10.6 Å². The molecule has 1 aromatic heterocycles. The fourth-order valence-corrected chi connectivity index (χ4v) is 1.49. The zero-order chi connectivity index (χ0) is 12.3. The van der Waals surface area contributed by atoms with Crippen LogP contribution in [0.15, 0.2) is 24.5 Å². The first kappa shape index (κ1) is 20.5. The number of amides is 1. The minimum absolute atomic E-state index is 0. The first-order valence-corrected chi connectivity index (χ1v) is 6.19. The van der Waals surface area contributed by atoms with Gasteiger partial charge >= 0.3 is 0 Å². The van der Waals surface area contributed by atoms with Gasteiger partial charge in [-0.25, -0.2) is 0 Å². The van der Waals surface area contributed by atoms with E-state index < -0.39 is 0 Å². The van der Waals surface area contributed by atoms with E-state index in [1.807, 2.05) is 12.1 Å². The molecule has 2 N–H and O–H groups in total. The maximum atomic E-state index is 11.5. The van der Waals surface area contributed by atoms with Gasteiger partial charge in [0.2, 0.25) is 5.91 Å². The van der Waals surface area contributed by atoms with Crippen LogP contribution in [0.5, 0.6) is 0 Å². The number of pyridine rings is 1. The van der Waals surface area contributed by atoms with Gasteiger partial charge in [0.05, 0.1) is 0 Å². The second-order valence-corrected chi connectivity index (χ2v) is 3.96. The van der Waals surface area contributed by atoms with Crippen molar-refractivity contribution in [2.75, 3.05) is 19.6 Å². The molecule has 0 aliphatic rings. The molecule has 1 aromatic rings. The van der Waals surface area contributed by atoms with Crippen molar-refractivity contribution in [1.82, 2.24) is 15.6 Å². The molecule has 0 saturated carbocycles. The van der Waals surface area contributed by atoms with Crippen molar-refractivity contribution >= 4 is 30.7 Å². The second-order valence-electron chi connectivity index (χ2n) is 3.96. The summed E-state index contributed by atoms with van der Waals surface area (Å²) in [6.07, 6.45) is 5.94. The van der Waals surface area contributed by atoms with Crippen LogP contribution in [0.2, 0.25) is 0 Å². The maximum Gasteiger partial charge on any atom is 0.220 e. The van der Waals surface area contributed by atoms with Gasteiger partial charge in [0, 0.05) is 31.9 Å². The van der Waals surface area contributed by atoms with Gasteiger partial charge in [-0.2, -0.15) is 0 Å². The number of carbonyl (C=O) groups excluding carboxylic acids is 1. The van der Waals surface area contributed by atoms with Gasteiger partial charge in [-0.15, -0.1) is 24.8 Å². The standard InChI is InChI=1S/C13H21N3O.2ClH/c1-2-7-14-10-11-16-13(17)4-3-12-5-8-15-9-6-12;;/h5-6,8-9,14H,2-4,7,10-11H2,1H3,(H,16,17);2*1H. The average molecular weight is 308 g/mol. The molecule has 0 aliphatic carbocycles. The predicted molar refractivity (Wildman–Crippen MR) is 83.2 cm³/mol. The fraction of sp³-hybridized carbons (Fsp3) is 0.538. The van der Waals surface area contributed by atoms with E-state index in [9.17, 15) is 4.79 Å². The molecule has 0 fully saturated rings. The Morgan fingerprint density at radius 2 is 1.84 bits per heavy atom. The molecular formula is C13H23Cl2N3O. The van der Waals surface area contributed by atoms with E-state index in [1.165, 1.54) is 0 Å². The van der Waals surface area contributed by atoms with Gasteiger partial charge in [-0.1, -0.05) is 6.92 Å². The Kier molecular flexibility index (Phi) is 14.6. The van der Waals surface area contributed by atoms with E-state index in [0.717, 1.165) is 31.5 Å². The van der Waals surface area contributed by atoms with Gasteiger partial charge in [0.1, 0.15) is 0 Å². The molecule has 1 rings (SSSR count). The molecule has 0 aromatic carbocycles. The van der Waals surface area contributed by atoms with Crippen LogP contribution >= 0.6 is 24.8 Å². The summed E-state index contributed by atoms with van der Waals surface area (Å²) in [5, 5.41) is 6.14. The lowest BCUT2D eigenvalue weighted by Crippen LogP contribution is -2.32. The summed E-state index contributed by atoms with van der Waals surface area (Å²) in [6.45, 7) is 4.68. The molecule has 1 amide bonds. The molecule has 0 bridgehead atoms. The average Bonchev–Trinajstić information content (AvgIpc) is 2.37. The molecule has 0 aliphatic heterocycles. The van der Waals surface area contributed by atoms with Crippen LogP contribution in [0.25, 0.3) is 0 Å². The van der Waals surface area contributed by atoms with Crippen LogP contribution in [0.3, 0.4) is 0 Å². The quantitative estimate of drug-likeness (QED) is 0.722.